The molecule has 0 aliphatic carbocycles. The molecule has 0 saturated carbocycles. The molecule has 8 nitrogen and oxygen atoms in total. The molecule has 0 N–H and O–H groups in total. The minimum atomic E-state index is -0.239. The summed E-state index contributed by atoms with van der Waals surface area (Å²) in [7, 11) is 1.75. The number of aryl methyl sites for hydroxylation is 1. The molecule has 5 rings (SSSR count). The summed E-state index contributed by atoms with van der Waals surface area (Å²) in [6.45, 7) is 1.93. The van der Waals surface area contributed by atoms with Crippen molar-refractivity contribution in [2.24, 2.45) is 7.05 Å². The number of rotatable bonds is 3. The highest BCUT2D eigenvalue weighted by molar-refractivity contribution is 5.91. The van der Waals surface area contributed by atoms with Crippen LogP contribution in [0, 0.1) is 0 Å². The Bertz CT molecular complexity index is 1110. The molecule has 1 aliphatic rings. The monoisotopic (exact) mass is 373 g/mol. The second-order valence-electron chi connectivity index (χ2n) is 6.70. The number of morpholine rings is 1. The summed E-state index contributed by atoms with van der Waals surface area (Å²) in [5.74, 6) is 2.21. The van der Waals surface area contributed by atoms with Gasteiger partial charge in [-0.3, -0.25) is 0 Å². The fraction of sp³-hybridized carbons (Fsp3) is 0.250. The van der Waals surface area contributed by atoms with E-state index in [1.165, 1.54) is 4.80 Å². The summed E-state index contributed by atoms with van der Waals surface area (Å²) >= 11 is 0. The molecule has 0 bridgehead atoms. The average Bonchev–Trinajstić information content (AvgIpc) is 3.20. The number of ether oxygens (including phenoxy) is 1. The van der Waals surface area contributed by atoms with Crippen LogP contribution in [0.1, 0.15) is 11.9 Å². The molecular weight excluding hydrogens is 354 g/mol. The summed E-state index contributed by atoms with van der Waals surface area (Å²) in [5.41, 5.74) is 1.92. The Kier molecular flexibility index (Phi) is 4.17. The van der Waals surface area contributed by atoms with Gasteiger partial charge in [0.15, 0.2) is 5.82 Å². The van der Waals surface area contributed by atoms with Gasteiger partial charge in [0.2, 0.25) is 5.82 Å². The van der Waals surface area contributed by atoms with E-state index in [2.05, 4.69) is 26.4 Å². The normalized spacial score (nSPS) is 17.2. The molecule has 140 valence electrons. The van der Waals surface area contributed by atoms with E-state index in [0.717, 1.165) is 34.7 Å². The predicted octanol–water partition coefficient (Wildman–Crippen LogP) is 2.40. The van der Waals surface area contributed by atoms with Crippen LogP contribution in [0.3, 0.4) is 0 Å². The van der Waals surface area contributed by atoms with Crippen LogP contribution in [0.5, 0.6) is 0 Å². The Morgan fingerprint density at radius 3 is 2.64 bits per heavy atom. The van der Waals surface area contributed by atoms with Gasteiger partial charge in [0.25, 0.3) is 0 Å². The van der Waals surface area contributed by atoms with Gasteiger partial charge in [-0.1, -0.05) is 42.5 Å². The number of anilines is 1. The van der Waals surface area contributed by atoms with Crippen LogP contribution in [0.15, 0.2) is 54.6 Å². The number of para-hydroxylation sites is 1. The number of hydrogen-bond donors (Lipinski definition) is 0. The van der Waals surface area contributed by atoms with Crippen LogP contribution in [-0.4, -0.2) is 49.9 Å². The van der Waals surface area contributed by atoms with Crippen molar-refractivity contribution in [3.63, 3.8) is 0 Å². The number of fused-ring (bicyclic) bond motifs is 1. The predicted molar refractivity (Wildman–Crippen MR) is 105 cm³/mol. The van der Waals surface area contributed by atoms with Crippen molar-refractivity contribution >= 4 is 16.7 Å². The van der Waals surface area contributed by atoms with Crippen LogP contribution < -0.4 is 4.90 Å². The van der Waals surface area contributed by atoms with Gasteiger partial charge in [0, 0.05) is 17.5 Å². The third kappa shape index (κ3) is 3.07. The third-order valence-corrected chi connectivity index (χ3v) is 4.79. The maximum Gasteiger partial charge on any atom is 0.205 e. The zero-order valence-electron chi connectivity index (χ0n) is 15.4. The van der Waals surface area contributed by atoms with E-state index in [1.807, 2.05) is 48.5 Å². The minimum Gasteiger partial charge on any atom is -0.366 e. The lowest BCUT2D eigenvalue weighted by molar-refractivity contribution is 0.0337. The highest BCUT2D eigenvalue weighted by Gasteiger charge is 2.28. The van der Waals surface area contributed by atoms with Crippen LogP contribution in [0.4, 0.5) is 5.82 Å². The first kappa shape index (κ1) is 16.8. The van der Waals surface area contributed by atoms with Gasteiger partial charge in [0.1, 0.15) is 11.9 Å². The number of hydrogen-bond acceptors (Lipinski definition) is 7. The van der Waals surface area contributed by atoms with Gasteiger partial charge >= 0.3 is 0 Å². The Morgan fingerprint density at radius 2 is 1.82 bits per heavy atom. The standard InChI is InChI=1S/C20H19N7O/c1-26-24-19(23-25-26)17-13-27(11-12-28-17)20-15-9-5-6-10-16(15)21-18(22-20)14-7-3-2-4-8-14/h2-10,17H,11-13H2,1H3. The van der Waals surface area contributed by atoms with E-state index in [1.54, 1.807) is 7.05 Å². The molecule has 0 amide bonds. The molecule has 28 heavy (non-hydrogen) atoms. The number of benzene rings is 2. The number of tetrazole rings is 1. The molecule has 1 unspecified atom stereocenters. The second-order valence-corrected chi connectivity index (χ2v) is 6.70. The summed E-state index contributed by atoms with van der Waals surface area (Å²) in [6, 6.07) is 18.1. The van der Waals surface area contributed by atoms with Gasteiger partial charge in [0.05, 0.1) is 25.7 Å². The first-order valence-electron chi connectivity index (χ1n) is 9.20. The molecule has 2 aromatic heterocycles. The molecule has 8 heteroatoms. The Labute approximate surface area is 161 Å². The minimum absolute atomic E-state index is 0.239. The summed E-state index contributed by atoms with van der Waals surface area (Å²) in [6.07, 6.45) is -0.239. The van der Waals surface area contributed by atoms with E-state index in [9.17, 15) is 0 Å². The van der Waals surface area contributed by atoms with Crippen LogP contribution in [0.2, 0.25) is 0 Å². The average molecular weight is 373 g/mol. The largest absolute Gasteiger partial charge is 0.366 e. The van der Waals surface area contributed by atoms with Crippen molar-refractivity contribution in [2.45, 2.75) is 6.10 Å². The molecule has 3 heterocycles. The van der Waals surface area contributed by atoms with E-state index >= 15 is 0 Å². The quantitative estimate of drug-likeness (QED) is 0.545. The van der Waals surface area contributed by atoms with Gasteiger partial charge in [-0.2, -0.15) is 4.80 Å². The first-order valence-corrected chi connectivity index (χ1v) is 9.20. The van der Waals surface area contributed by atoms with E-state index in [0.29, 0.717) is 19.0 Å². The highest BCUT2D eigenvalue weighted by Crippen LogP contribution is 2.30. The number of aromatic nitrogens is 6. The van der Waals surface area contributed by atoms with Gasteiger partial charge < -0.3 is 9.64 Å². The summed E-state index contributed by atoms with van der Waals surface area (Å²) in [4.78, 5) is 13.4. The lowest BCUT2D eigenvalue weighted by Crippen LogP contribution is -2.39. The molecule has 2 aromatic carbocycles. The van der Waals surface area contributed by atoms with Gasteiger partial charge in [-0.15, -0.1) is 10.2 Å². The van der Waals surface area contributed by atoms with E-state index < -0.39 is 0 Å². The van der Waals surface area contributed by atoms with Crippen LogP contribution >= 0.6 is 0 Å². The fourth-order valence-corrected chi connectivity index (χ4v) is 3.44. The molecule has 4 aromatic rings. The van der Waals surface area contributed by atoms with Gasteiger partial charge in [-0.05, 0) is 17.3 Å². The first-order chi connectivity index (χ1) is 13.8. The molecule has 1 saturated heterocycles. The molecular formula is C20H19N7O. The maximum atomic E-state index is 5.89. The zero-order valence-corrected chi connectivity index (χ0v) is 15.4. The lowest BCUT2D eigenvalue weighted by atomic mass is 10.1. The van der Waals surface area contributed by atoms with Crippen molar-refractivity contribution in [1.29, 1.82) is 0 Å². The van der Waals surface area contributed by atoms with E-state index in [-0.39, 0.29) is 6.10 Å². The molecule has 0 radical (unpaired) electrons. The SMILES string of the molecule is Cn1nnc(C2CN(c3nc(-c4ccccc4)nc4ccccc34)CCO2)n1. The van der Waals surface area contributed by atoms with Crippen molar-refractivity contribution in [3.8, 4) is 11.4 Å². The van der Waals surface area contributed by atoms with Gasteiger partial charge in [-0.25, -0.2) is 9.97 Å². The highest BCUT2D eigenvalue weighted by atomic mass is 16.5. The Hall–Kier alpha value is -3.39. The molecule has 0 spiro atoms. The van der Waals surface area contributed by atoms with Crippen molar-refractivity contribution in [2.75, 3.05) is 24.6 Å². The zero-order chi connectivity index (χ0) is 18.9. The second kappa shape index (κ2) is 6.97. The smallest absolute Gasteiger partial charge is 0.205 e. The Morgan fingerprint density at radius 1 is 1.00 bits per heavy atom. The lowest BCUT2D eigenvalue weighted by Gasteiger charge is -2.33. The molecule has 1 fully saturated rings. The van der Waals surface area contributed by atoms with Crippen LogP contribution in [-0.2, 0) is 11.8 Å². The molecule has 1 aliphatic heterocycles. The topological polar surface area (TPSA) is 81.9 Å². The maximum absolute atomic E-state index is 5.89. The fourth-order valence-electron chi connectivity index (χ4n) is 3.44. The van der Waals surface area contributed by atoms with Crippen molar-refractivity contribution in [1.82, 2.24) is 30.2 Å². The summed E-state index contributed by atoms with van der Waals surface area (Å²) < 4.78 is 5.89. The third-order valence-electron chi connectivity index (χ3n) is 4.79. The molecule has 1 atom stereocenters. The van der Waals surface area contributed by atoms with Crippen molar-refractivity contribution < 1.29 is 4.74 Å². The van der Waals surface area contributed by atoms with Crippen LogP contribution in [0.25, 0.3) is 22.3 Å². The summed E-state index contributed by atoms with van der Waals surface area (Å²) in [5, 5.41) is 13.4. The van der Waals surface area contributed by atoms with E-state index in [4.69, 9.17) is 14.7 Å². The Balaban J connectivity index is 1.57. The van der Waals surface area contributed by atoms with Crippen molar-refractivity contribution in [3.05, 3.63) is 60.4 Å². The number of nitrogens with zero attached hydrogens (tertiary/aromatic N) is 7.